The Kier molecular flexibility index (Phi) is 5.29. The minimum Gasteiger partial charge on any atom is -0.481 e. The van der Waals surface area contributed by atoms with E-state index >= 15 is 0 Å². The predicted molar refractivity (Wildman–Crippen MR) is 77.9 cm³/mol. The summed E-state index contributed by atoms with van der Waals surface area (Å²) < 4.78 is 0. The van der Waals surface area contributed by atoms with Gasteiger partial charge in [0.05, 0.1) is 5.41 Å². The first-order valence-electron chi connectivity index (χ1n) is 6.40. The van der Waals surface area contributed by atoms with Crippen molar-refractivity contribution in [1.82, 2.24) is 5.32 Å². The molecule has 21 heavy (non-hydrogen) atoms. The number of urea groups is 1. The molecule has 1 rings (SSSR count). The number of nitrogens with two attached hydrogens (primary N) is 1. The number of amides is 3. The summed E-state index contributed by atoms with van der Waals surface area (Å²) in [6.07, 6.45) is 0.0686. The van der Waals surface area contributed by atoms with Crippen LogP contribution in [0.4, 0.5) is 10.5 Å². The SMILES string of the molecule is CC(C)(C(=O)O)c1ccc(NC(=O)NCCC(N)=O)cc1. The van der Waals surface area contributed by atoms with Crippen molar-refractivity contribution in [2.24, 2.45) is 5.73 Å². The molecule has 0 aliphatic heterocycles. The van der Waals surface area contributed by atoms with Crippen LogP contribution in [0.5, 0.6) is 0 Å². The Morgan fingerprint density at radius 1 is 1.19 bits per heavy atom. The van der Waals surface area contributed by atoms with Gasteiger partial charge in [0.25, 0.3) is 0 Å². The zero-order valence-electron chi connectivity index (χ0n) is 12.0. The molecule has 0 saturated heterocycles. The smallest absolute Gasteiger partial charge is 0.319 e. The standard InChI is InChI=1S/C14H19N3O4/c1-14(2,12(19)20)9-3-5-10(6-4-9)17-13(21)16-8-7-11(15)18/h3-6H,7-8H2,1-2H3,(H2,15,18)(H,19,20)(H2,16,17,21). The molecule has 1 aromatic carbocycles. The van der Waals surface area contributed by atoms with E-state index in [0.717, 1.165) is 0 Å². The van der Waals surface area contributed by atoms with E-state index in [2.05, 4.69) is 10.6 Å². The number of hydrogen-bond donors (Lipinski definition) is 4. The minimum absolute atomic E-state index is 0.0686. The van der Waals surface area contributed by atoms with Gasteiger partial charge in [-0.2, -0.15) is 0 Å². The van der Waals surface area contributed by atoms with Crippen LogP contribution in [0.1, 0.15) is 25.8 Å². The number of nitrogens with one attached hydrogen (secondary N) is 2. The molecule has 0 atom stereocenters. The second-order valence-corrected chi connectivity index (χ2v) is 5.10. The van der Waals surface area contributed by atoms with Gasteiger partial charge in [0.15, 0.2) is 0 Å². The molecule has 7 heteroatoms. The molecule has 0 heterocycles. The summed E-state index contributed by atoms with van der Waals surface area (Å²) >= 11 is 0. The summed E-state index contributed by atoms with van der Waals surface area (Å²) in [5.41, 5.74) is 5.12. The van der Waals surface area contributed by atoms with Crippen LogP contribution in [0.2, 0.25) is 0 Å². The number of primary amides is 1. The number of carbonyl (C=O) groups excluding carboxylic acids is 2. The maximum Gasteiger partial charge on any atom is 0.319 e. The van der Waals surface area contributed by atoms with Crippen molar-refractivity contribution < 1.29 is 19.5 Å². The molecule has 0 saturated carbocycles. The highest BCUT2D eigenvalue weighted by molar-refractivity contribution is 5.89. The van der Waals surface area contributed by atoms with Gasteiger partial charge in [-0.3, -0.25) is 9.59 Å². The second kappa shape index (κ2) is 6.74. The lowest BCUT2D eigenvalue weighted by atomic mass is 9.85. The fourth-order valence-electron chi connectivity index (χ4n) is 1.57. The van der Waals surface area contributed by atoms with Gasteiger partial charge in [-0.25, -0.2) is 4.79 Å². The van der Waals surface area contributed by atoms with Crippen molar-refractivity contribution >= 4 is 23.6 Å². The maximum atomic E-state index is 11.5. The Balaban J connectivity index is 2.61. The topological polar surface area (TPSA) is 122 Å². The van der Waals surface area contributed by atoms with Crippen LogP contribution in [0.3, 0.4) is 0 Å². The monoisotopic (exact) mass is 293 g/mol. The molecule has 0 aliphatic rings. The van der Waals surface area contributed by atoms with E-state index < -0.39 is 23.3 Å². The molecule has 3 amide bonds. The summed E-state index contributed by atoms with van der Waals surface area (Å²) in [4.78, 5) is 33.2. The third-order valence-electron chi connectivity index (χ3n) is 3.06. The highest BCUT2D eigenvalue weighted by Gasteiger charge is 2.29. The van der Waals surface area contributed by atoms with Crippen LogP contribution in [0.15, 0.2) is 24.3 Å². The summed E-state index contributed by atoms with van der Waals surface area (Å²) in [5, 5.41) is 14.2. The molecule has 0 aromatic heterocycles. The molecule has 0 aliphatic carbocycles. The Bertz CT molecular complexity index is 538. The summed E-state index contributed by atoms with van der Waals surface area (Å²) in [6, 6.07) is 6.07. The molecule has 7 nitrogen and oxygen atoms in total. The van der Waals surface area contributed by atoms with Crippen LogP contribution in [0, 0.1) is 0 Å². The summed E-state index contributed by atoms with van der Waals surface area (Å²) in [7, 11) is 0. The van der Waals surface area contributed by atoms with Gasteiger partial charge >= 0.3 is 12.0 Å². The van der Waals surface area contributed by atoms with Gasteiger partial charge in [0.1, 0.15) is 0 Å². The van der Waals surface area contributed by atoms with Crippen molar-refractivity contribution in [3.05, 3.63) is 29.8 Å². The van der Waals surface area contributed by atoms with Gasteiger partial charge in [0.2, 0.25) is 5.91 Å². The van der Waals surface area contributed by atoms with Crippen molar-refractivity contribution in [2.45, 2.75) is 25.7 Å². The van der Waals surface area contributed by atoms with Crippen molar-refractivity contribution in [3.63, 3.8) is 0 Å². The molecule has 0 spiro atoms. The Morgan fingerprint density at radius 3 is 2.24 bits per heavy atom. The van der Waals surface area contributed by atoms with Crippen LogP contribution < -0.4 is 16.4 Å². The normalized spacial score (nSPS) is 10.8. The van der Waals surface area contributed by atoms with E-state index in [1.807, 2.05) is 0 Å². The zero-order chi connectivity index (χ0) is 16.0. The Labute approximate surface area is 122 Å². The van der Waals surface area contributed by atoms with E-state index in [0.29, 0.717) is 11.3 Å². The van der Waals surface area contributed by atoms with Crippen LogP contribution in [-0.4, -0.2) is 29.6 Å². The fourth-order valence-corrected chi connectivity index (χ4v) is 1.57. The molecular weight excluding hydrogens is 274 g/mol. The van der Waals surface area contributed by atoms with Crippen LogP contribution >= 0.6 is 0 Å². The molecule has 0 unspecified atom stereocenters. The average Bonchev–Trinajstić information content (AvgIpc) is 2.38. The van der Waals surface area contributed by atoms with Gasteiger partial charge in [-0.1, -0.05) is 12.1 Å². The first kappa shape index (κ1) is 16.5. The first-order chi connectivity index (χ1) is 9.73. The number of rotatable bonds is 6. The lowest BCUT2D eigenvalue weighted by Crippen LogP contribution is -2.31. The third-order valence-corrected chi connectivity index (χ3v) is 3.06. The number of carbonyl (C=O) groups is 3. The first-order valence-corrected chi connectivity index (χ1v) is 6.40. The maximum absolute atomic E-state index is 11.5. The number of aliphatic carboxylic acids is 1. The number of carboxylic acids is 1. The Morgan fingerprint density at radius 2 is 1.76 bits per heavy atom. The third kappa shape index (κ3) is 4.79. The van der Waals surface area contributed by atoms with Gasteiger partial charge in [-0.05, 0) is 31.5 Å². The largest absolute Gasteiger partial charge is 0.481 e. The minimum atomic E-state index is -0.998. The molecule has 114 valence electrons. The predicted octanol–water partition coefficient (Wildman–Crippen LogP) is 1.05. The fraction of sp³-hybridized carbons (Fsp3) is 0.357. The van der Waals surface area contributed by atoms with Gasteiger partial charge in [-0.15, -0.1) is 0 Å². The number of benzene rings is 1. The molecule has 0 radical (unpaired) electrons. The van der Waals surface area contributed by atoms with E-state index in [9.17, 15) is 14.4 Å². The second-order valence-electron chi connectivity index (χ2n) is 5.10. The number of anilines is 1. The summed E-state index contributed by atoms with van der Waals surface area (Å²) in [5.74, 6) is -1.41. The molecule has 0 fully saturated rings. The Hall–Kier alpha value is -2.57. The van der Waals surface area contributed by atoms with E-state index in [-0.39, 0.29) is 13.0 Å². The van der Waals surface area contributed by atoms with Gasteiger partial charge < -0.3 is 21.5 Å². The van der Waals surface area contributed by atoms with Crippen LogP contribution in [0.25, 0.3) is 0 Å². The van der Waals surface area contributed by atoms with Crippen LogP contribution in [-0.2, 0) is 15.0 Å². The summed E-state index contributed by atoms with van der Waals surface area (Å²) in [6.45, 7) is 3.37. The number of hydrogen-bond acceptors (Lipinski definition) is 3. The zero-order valence-corrected chi connectivity index (χ0v) is 12.0. The average molecular weight is 293 g/mol. The molecule has 1 aromatic rings. The van der Waals surface area contributed by atoms with E-state index in [1.165, 1.54) is 0 Å². The van der Waals surface area contributed by atoms with E-state index in [1.54, 1.807) is 38.1 Å². The van der Waals surface area contributed by atoms with Crippen molar-refractivity contribution in [1.29, 1.82) is 0 Å². The lowest BCUT2D eigenvalue weighted by molar-refractivity contribution is -0.142. The molecular formula is C14H19N3O4. The highest BCUT2D eigenvalue weighted by atomic mass is 16.4. The van der Waals surface area contributed by atoms with Gasteiger partial charge in [0, 0.05) is 18.7 Å². The number of carboxylic acid groups (broad SMARTS) is 1. The highest BCUT2D eigenvalue weighted by Crippen LogP contribution is 2.24. The molecule has 5 N–H and O–H groups in total. The quantitative estimate of drug-likeness (QED) is 0.626. The van der Waals surface area contributed by atoms with Crippen molar-refractivity contribution in [2.75, 3.05) is 11.9 Å². The lowest BCUT2D eigenvalue weighted by Gasteiger charge is -2.19. The van der Waals surface area contributed by atoms with E-state index in [4.69, 9.17) is 10.8 Å². The molecule has 0 bridgehead atoms. The van der Waals surface area contributed by atoms with Crippen molar-refractivity contribution in [3.8, 4) is 0 Å².